The van der Waals surface area contributed by atoms with Gasteiger partial charge in [0.1, 0.15) is 0 Å². The molecule has 0 aromatic rings. The van der Waals surface area contributed by atoms with Crippen molar-refractivity contribution in [1.29, 1.82) is 0 Å². The average Bonchev–Trinajstić information content (AvgIpc) is 2.25. The van der Waals surface area contributed by atoms with Gasteiger partial charge in [0.25, 0.3) is 0 Å². The van der Waals surface area contributed by atoms with Crippen LogP contribution in [0.1, 0.15) is 26.7 Å². The van der Waals surface area contributed by atoms with Crippen molar-refractivity contribution in [3.63, 3.8) is 0 Å². The number of carbonyl (C=O) groups excluding carboxylic acids is 1. The quantitative estimate of drug-likeness (QED) is 0.799. The van der Waals surface area contributed by atoms with Gasteiger partial charge in [-0.3, -0.25) is 4.79 Å². The van der Waals surface area contributed by atoms with E-state index in [0.29, 0.717) is 0 Å². The second-order valence-electron chi connectivity index (χ2n) is 4.95. The minimum Gasteiger partial charge on any atom is -0.380 e. The number of halogens is 3. The van der Waals surface area contributed by atoms with Crippen LogP contribution in [0.25, 0.3) is 0 Å². The number of alkyl halides is 3. The zero-order valence-electron chi connectivity index (χ0n) is 10.5. The molecule has 1 fully saturated rings. The van der Waals surface area contributed by atoms with E-state index in [1.54, 1.807) is 0 Å². The minimum atomic E-state index is -4.63. The number of nitrogens with one attached hydrogen (secondary N) is 1. The van der Waals surface area contributed by atoms with Gasteiger partial charge in [0.05, 0.1) is 6.54 Å². The molecule has 1 amide bonds. The molecule has 7 heteroatoms. The highest BCUT2D eigenvalue weighted by Crippen LogP contribution is 2.38. The molecule has 106 valence electrons. The van der Waals surface area contributed by atoms with Crippen molar-refractivity contribution < 1.29 is 23.1 Å². The summed E-state index contributed by atoms with van der Waals surface area (Å²) >= 11 is 0. The number of hydrogen-bond donors (Lipinski definition) is 2. The zero-order chi connectivity index (χ0) is 14.0. The Morgan fingerprint density at radius 1 is 1.39 bits per heavy atom. The Morgan fingerprint density at radius 3 is 2.28 bits per heavy atom. The lowest BCUT2D eigenvalue weighted by Crippen LogP contribution is -2.55. The molecule has 0 saturated carbocycles. The summed E-state index contributed by atoms with van der Waals surface area (Å²) in [5, 5.41) is 12.4. The molecule has 0 atom stereocenters. The summed E-state index contributed by atoms with van der Waals surface area (Å²) in [7, 11) is 0. The van der Waals surface area contributed by atoms with Crippen molar-refractivity contribution in [3.8, 4) is 0 Å². The van der Waals surface area contributed by atoms with Crippen LogP contribution >= 0.6 is 0 Å². The lowest BCUT2D eigenvalue weighted by atomic mass is 9.91. The van der Waals surface area contributed by atoms with Crippen molar-refractivity contribution in [1.82, 2.24) is 10.2 Å². The molecule has 1 rings (SSSR count). The van der Waals surface area contributed by atoms with Crippen LogP contribution in [0.2, 0.25) is 0 Å². The molecule has 2 N–H and O–H groups in total. The summed E-state index contributed by atoms with van der Waals surface area (Å²) in [5.74, 6) is -0.229. The van der Waals surface area contributed by atoms with Gasteiger partial charge in [0, 0.05) is 32.0 Å². The molecule has 1 aliphatic heterocycles. The van der Waals surface area contributed by atoms with E-state index >= 15 is 0 Å². The highest BCUT2D eigenvalue weighted by molar-refractivity contribution is 5.78. The van der Waals surface area contributed by atoms with E-state index in [1.807, 2.05) is 13.8 Å². The standard InChI is InChI=1S/C11H19F3N2O2/c1-8(2)15-7-9(17)16-5-3-10(18,4-6-16)11(12,13)14/h8,15,18H,3-7H2,1-2H3. The molecule has 0 aromatic heterocycles. The molecule has 18 heavy (non-hydrogen) atoms. The van der Waals surface area contributed by atoms with E-state index in [4.69, 9.17) is 0 Å². The number of piperidine rings is 1. The zero-order valence-corrected chi connectivity index (χ0v) is 10.5. The van der Waals surface area contributed by atoms with Crippen molar-refractivity contribution in [3.05, 3.63) is 0 Å². The van der Waals surface area contributed by atoms with Gasteiger partial charge in [-0.25, -0.2) is 0 Å². The van der Waals surface area contributed by atoms with E-state index < -0.39 is 24.6 Å². The summed E-state index contributed by atoms with van der Waals surface area (Å²) < 4.78 is 37.6. The van der Waals surface area contributed by atoms with Gasteiger partial charge in [-0.2, -0.15) is 13.2 Å². The fraction of sp³-hybridized carbons (Fsp3) is 0.909. The Morgan fingerprint density at radius 2 is 1.89 bits per heavy atom. The van der Waals surface area contributed by atoms with E-state index in [1.165, 1.54) is 4.90 Å². The number of aliphatic hydroxyl groups is 1. The first-order chi connectivity index (χ1) is 8.16. The number of rotatable bonds is 3. The van der Waals surface area contributed by atoms with Crippen LogP contribution in [-0.4, -0.2) is 53.4 Å². The molecular formula is C11H19F3N2O2. The lowest BCUT2D eigenvalue weighted by molar-refractivity contribution is -0.272. The second kappa shape index (κ2) is 5.44. The minimum absolute atomic E-state index is 0.0609. The molecule has 4 nitrogen and oxygen atoms in total. The Hall–Kier alpha value is -0.820. The van der Waals surface area contributed by atoms with Gasteiger partial charge in [0.15, 0.2) is 5.60 Å². The molecule has 1 heterocycles. The van der Waals surface area contributed by atoms with Gasteiger partial charge < -0.3 is 15.3 Å². The maximum Gasteiger partial charge on any atom is 0.417 e. The first-order valence-corrected chi connectivity index (χ1v) is 5.96. The monoisotopic (exact) mass is 268 g/mol. The highest BCUT2D eigenvalue weighted by Gasteiger charge is 2.54. The Balaban J connectivity index is 2.46. The van der Waals surface area contributed by atoms with Gasteiger partial charge in [0.2, 0.25) is 5.91 Å². The van der Waals surface area contributed by atoms with Crippen molar-refractivity contribution in [2.45, 2.75) is 44.5 Å². The van der Waals surface area contributed by atoms with Gasteiger partial charge >= 0.3 is 6.18 Å². The molecule has 0 bridgehead atoms. The van der Waals surface area contributed by atoms with Crippen LogP contribution in [0.4, 0.5) is 13.2 Å². The normalized spacial score (nSPS) is 20.3. The van der Waals surface area contributed by atoms with Crippen molar-refractivity contribution in [2.24, 2.45) is 0 Å². The first-order valence-electron chi connectivity index (χ1n) is 5.96. The third-order valence-electron chi connectivity index (χ3n) is 3.13. The van der Waals surface area contributed by atoms with E-state index in [9.17, 15) is 23.1 Å². The number of hydrogen-bond acceptors (Lipinski definition) is 3. The molecule has 1 aliphatic rings. The topological polar surface area (TPSA) is 52.6 Å². The van der Waals surface area contributed by atoms with E-state index in [0.717, 1.165) is 0 Å². The first kappa shape index (κ1) is 15.2. The molecule has 0 radical (unpaired) electrons. The van der Waals surface area contributed by atoms with Crippen LogP contribution in [0.5, 0.6) is 0 Å². The SMILES string of the molecule is CC(C)NCC(=O)N1CCC(O)(C(F)(F)F)CC1. The van der Waals surface area contributed by atoms with Crippen LogP contribution in [0, 0.1) is 0 Å². The summed E-state index contributed by atoms with van der Waals surface area (Å²) in [5.41, 5.74) is -2.64. The van der Waals surface area contributed by atoms with Crippen LogP contribution < -0.4 is 5.32 Å². The number of amides is 1. The van der Waals surface area contributed by atoms with E-state index in [2.05, 4.69) is 5.32 Å². The van der Waals surface area contributed by atoms with Gasteiger partial charge in [-0.05, 0) is 0 Å². The smallest absolute Gasteiger partial charge is 0.380 e. The van der Waals surface area contributed by atoms with Crippen LogP contribution in [0.3, 0.4) is 0 Å². The lowest BCUT2D eigenvalue weighted by Gasteiger charge is -2.39. The van der Waals surface area contributed by atoms with Gasteiger partial charge in [-0.1, -0.05) is 13.8 Å². The molecular weight excluding hydrogens is 249 g/mol. The van der Waals surface area contributed by atoms with Crippen molar-refractivity contribution in [2.75, 3.05) is 19.6 Å². The Labute approximate surface area is 104 Å². The highest BCUT2D eigenvalue weighted by atomic mass is 19.4. The fourth-order valence-corrected chi connectivity index (χ4v) is 1.81. The Kier molecular flexibility index (Phi) is 4.61. The van der Waals surface area contributed by atoms with Gasteiger partial charge in [-0.15, -0.1) is 0 Å². The maximum absolute atomic E-state index is 12.5. The summed E-state index contributed by atoms with van der Waals surface area (Å²) in [6, 6.07) is 0.144. The molecule has 0 unspecified atom stereocenters. The van der Waals surface area contributed by atoms with Crippen LogP contribution in [-0.2, 0) is 4.79 Å². The summed E-state index contributed by atoms with van der Waals surface area (Å²) in [6.45, 7) is 3.75. The third kappa shape index (κ3) is 3.58. The molecule has 1 saturated heterocycles. The number of carbonyl (C=O) groups is 1. The second-order valence-corrected chi connectivity index (χ2v) is 4.95. The average molecular weight is 268 g/mol. The van der Waals surface area contributed by atoms with E-state index in [-0.39, 0.29) is 31.6 Å². The predicted octanol–water partition coefficient (Wildman–Crippen LogP) is 0.900. The van der Waals surface area contributed by atoms with Crippen molar-refractivity contribution >= 4 is 5.91 Å². The molecule has 0 spiro atoms. The fourth-order valence-electron chi connectivity index (χ4n) is 1.81. The molecule has 0 aromatic carbocycles. The van der Waals surface area contributed by atoms with Crippen LogP contribution in [0.15, 0.2) is 0 Å². The summed E-state index contributed by atoms with van der Waals surface area (Å²) in [4.78, 5) is 13.0. The number of likely N-dealkylation sites (tertiary alicyclic amines) is 1. The third-order valence-corrected chi connectivity index (χ3v) is 3.13. The largest absolute Gasteiger partial charge is 0.417 e. The molecule has 0 aliphatic carbocycles. The number of nitrogens with zero attached hydrogens (tertiary/aromatic N) is 1. The maximum atomic E-state index is 12.5. The summed E-state index contributed by atoms with van der Waals surface area (Å²) in [6.07, 6.45) is -5.54. The Bertz CT molecular complexity index is 297. The predicted molar refractivity (Wildman–Crippen MR) is 60.0 cm³/mol.